The van der Waals surface area contributed by atoms with Crippen LogP contribution < -0.4 is 5.73 Å². The molecular weight excluding hydrogens is 277 g/mol. The summed E-state index contributed by atoms with van der Waals surface area (Å²) in [7, 11) is 0. The van der Waals surface area contributed by atoms with Crippen LogP contribution in [0.5, 0.6) is 0 Å². The van der Waals surface area contributed by atoms with Crippen LogP contribution in [-0.2, 0) is 4.79 Å². The van der Waals surface area contributed by atoms with Crippen molar-refractivity contribution in [3.05, 3.63) is 35.6 Å². The van der Waals surface area contributed by atoms with Crippen LogP contribution in [0.25, 0.3) is 0 Å². The zero-order valence-electron chi connectivity index (χ0n) is 11.4. The molecule has 1 aromatic rings. The lowest BCUT2D eigenvalue weighted by Gasteiger charge is -2.38. The molecule has 0 spiro atoms. The van der Waals surface area contributed by atoms with Crippen molar-refractivity contribution < 1.29 is 9.18 Å². The van der Waals surface area contributed by atoms with Gasteiger partial charge in [0.2, 0.25) is 5.91 Å². The highest BCUT2D eigenvalue weighted by atomic mass is 32.1. The SMILES string of the molecule is CC(=O)N1CCN(C(C(N)=S)c2ccc(F)cc2)CC1. The van der Waals surface area contributed by atoms with Gasteiger partial charge >= 0.3 is 0 Å². The van der Waals surface area contributed by atoms with Crippen LogP contribution in [0.2, 0.25) is 0 Å². The standard InChI is InChI=1S/C14H18FN3OS/c1-10(19)17-6-8-18(9-7-17)13(14(16)20)11-2-4-12(15)5-3-11/h2-5,13H,6-9H2,1H3,(H2,16,20). The summed E-state index contributed by atoms with van der Waals surface area (Å²) >= 11 is 5.16. The van der Waals surface area contributed by atoms with Gasteiger partial charge in [0.1, 0.15) is 5.82 Å². The monoisotopic (exact) mass is 295 g/mol. The summed E-state index contributed by atoms with van der Waals surface area (Å²) in [6, 6.07) is 6.02. The second kappa shape index (κ2) is 6.28. The molecule has 0 radical (unpaired) electrons. The maximum Gasteiger partial charge on any atom is 0.219 e. The minimum atomic E-state index is -0.281. The van der Waals surface area contributed by atoms with E-state index in [1.54, 1.807) is 24.0 Å². The van der Waals surface area contributed by atoms with Gasteiger partial charge in [-0.15, -0.1) is 0 Å². The van der Waals surface area contributed by atoms with Gasteiger partial charge in [-0.25, -0.2) is 4.39 Å². The number of amides is 1. The van der Waals surface area contributed by atoms with Crippen LogP contribution in [0.4, 0.5) is 4.39 Å². The Bertz CT molecular complexity index is 498. The van der Waals surface area contributed by atoms with Gasteiger partial charge in [-0.05, 0) is 17.7 Å². The van der Waals surface area contributed by atoms with Crippen molar-refractivity contribution in [2.45, 2.75) is 13.0 Å². The van der Waals surface area contributed by atoms with E-state index in [2.05, 4.69) is 4.90 Å². The molecule has 2 N–H and O–H groups in total. The first-order valence-corrected chi connectivity index (χ1v) is 6.94. The zero-order valence-corrected chi connectivity index (χ0v) is 12.2. The summed E-state index contributed by atoms with van der Waals surface area (Å²) in [4.78, 5) is 15.6. The zero-order chi connectivity index (χ0) is 14.7. The summed E-state index contributed by atoms with van der Waals surface area (Å²) in [6.45, 7) is 4.31. The molecule has 4 nitrogen and oxygen atoms in total. The lowest BCUT2D eigenvalue weighted by molar-refractivity contribution is -0.130. The van der Waals surface area contributed by atoms with Gasteiger partial charge in [0.25, 0.3) is 0 Å². The highest BCUT2D eigenvalue weighted by Crippen LogP contribution is 2.23. The first kappa shape index (κ1) is 14.9. The Balaban J connectivity index is 2.12. The van der Waals surface area contributed by atoms with E-state index < -0.39 is 0 Å². The normalized spacial score (nSPS) is 17.8. The first-order chi connectivity index (χ1) is 9.49. The van der Waals surface area contributed by atoms with E-state index in [4.69, 9.17) is 18.0 Å². The molecule has 1 aliphatic rings. The van der Waals surface area contributed by atoms with Gasteiger partial charge in [0.05, 0.1) is 11.0 Å². The van der Waals surface area contributed by atoms with Crippen LogP contribution in [0, 0.1) is 5.82 Å². The topological polar surface area (TPSA) is 49.6 Å². The first-order valence-electron chi connectivity index (χ1n) is 6.53. The van der Waals surface area contributed by atoms with E-state index in [0.29, 0.717) is 31.2 Å². The molecule has 108 valence electrons. The number of benzene rings is 1. The minimum absolute atomic E-state index is 0.0818. The Labute approximate surface area is 123 Å². The molecule has 1 atom stereocenters. The Morgan fingerprint density at radius 3 is 2.25 bits per heavy atom. The number of carbonyl (C=O) groups excluding carboxylic acids is 1. The summed E-state index contributed by atoms with van der Waals surface area (Å²) in [5, 5.41) is 0. The second-order valence-electron chi connectivity index (χ2n) is 4.90. The lowest BCUT2D eigenvalue weighted by atomic mass is 10.0. The maximum absolute atomic E-state index is 13.0. The van der Waals surface area contributed by atoms with Crippen molar-refractivity contribution in [2.24, 2.45) is 5.73 Å². The summed E-state index contributed by atoms with van der Waals surface area (Å²) in [5.41, 5.74) is 6.73. The van der Waals surface area contributed by atoms with E-state index in [1.165, 1.54) is 12.1 Å². The van der Waals surface area contributed by atoms with Crippen molar-refractivity contribution in [1.82, 2.24) is 9.80 Å². The molecule has 1 aromatic carbocycles. The summed E-state index contributed by atoms with van der Waals surface area (Å²) in [5.74, 6) is -0.199. The Hall–Kier alpha value is -1.53. The molecule has 0 aliphatic carbocycles. The van der Waals surface area contributed by atoms with Gasteiger partial charge in [-0.3, -0.25) is 9.69 Å². The molecule has 1 saturated heterocycles. The minimum Gasteiger partial charge on any atom is -0.392 e. The third-order valence-electron chi connectivity index (χ3n) is 3.58. The molecule has 6 heteroatoms. The van der Waals surface area contributed by atoms with E-state index in [-0.39, 0.29) is 17.8 Å². The number of hydrogen-bond acceptors (Lipinski definition) is 3. The van der Waals surface area contributed by atoms with Crippen LogP contribution in [0.15, 0.2) is 24.3 Å². The molecule has 0 aromatic heterocycles. The van der Waals surface area contributed by atoms with Gasteiger partial charge in [-0.1, -0.05) is 24.4 Å². The molecule has 20 heavy (non-hydrogen) atoms. The third kappa shape index (κ3) is 3.32. The van der Waals surface area contributed by atoms with Crippen molar-refractivity contribution in [2.75, 3.05) is 26.2 Å². The number of nitrogens with two attached hydrogens (primary N) is 1. The fourth-order valence-electron chi connectivity index (χ4n) is 2.50. The molecule has 1 heterocycles. The van der Waals surface area contributed by atoms with E-state index >= 15 is 0 Å². The van der Waals surface area contributed by atoms with Gasteiger partial charge in [0.15, 0.2) is 0 Å². The van der Waals surface area contributed by atoms with E-state index in [9.17, 15) is 9.18 Å². The Kier molecular flexibility index (Phi) is 4.67. The summed E-state index contributed by atoms with van der Waals surface area (Å²) < 4.78 is 13.0. The van der Waals surface area contributed by atoms with Gasteiger partial charge in [-0.2, -0.15) is 0 Å². The fraction of sp³-hybridized carbons (Fsp3) is 0.429. The maximum atomic E-state index is 13.0. The third-order valence-corrected chi connectivity index (χ3v) is 3.80. The smallest absolute Gasteiger partial charge is 0.219 e. The fourth-order valence-corrected chi connectivity index (χ4v) is 2.78. The summed E-state index contributed by atoms with van der Waals surface area (Å²) in [6.07, 6.45) is 0. The Morgan fingerprint density at radius 2 is 1.80 bits per heavy atom. The number of piperazine rings is 1. The molecule has 0 saturated carbocycles. The van der Waals surface area contributed by atoms with Crippen LogP contribution in [0.3, 0.4) is 0 Å². The predicted molar refractivity (Wildman–Crippen MR) is 79.8 cm³/mol. The van der Waals surface area contributed by atoms with Crippen molar-refractivity contribution >= 4 is 23.1 Å². The van der Waals surface area contributed by atoms with Crippen molar-refractivity contribution in [3.63, 3.8) is 0 Å². The highest BCUT2D eigenvalue weighted by Gasteiger charge is 2.27. The lowest BCUT2D eigenvalue weighted by Crippen LogP contribution is -2.51. The average Bonchev–Trinajstić information content (AvgIpc) is 2.41. The molecule has 1 fully saturated rings. The van der Waals surface area contributed by atoms with Gasteiger partial charge < -0.3 is 10.6 Å². The highest BCUT2D eigenvalue weighted by molar-refractivity contribution is 7.80. The molecule has 1 aliphatic heterocycles. The van der Waals surface area contributed by atoms with Crippen molar-refractivity contribution in [1.29, 1.82) is 0 Å². The molecule has 0 bridgehead atoms. The quantitative estimate of drug-likeness (QED) is 0.855. The molecule has 2 rings (SSSR count). The van der Waals surface area contributed by atoms with Crippen LogP contribution in [-0.4, -0.2) is 46.9 Å². The van der Waals surface area contributed by atoms with E-state index in [1.807, 2.05) is 0 Å². The number of thiocarbonyl (C=S) groups is 1. The molecular formula is C14H18FN3OS. The Morgan fingerprint density at radius 1 is 1.25 bits per heavy atom. The second-order valence-corrected chi connectivity index (χ2v) is 5.37. The van der Waals surface area contributed by atoms with Crippen LogP contribution in [0.1, 0.15) is 18.5 Å². The molecule has 1 amide bonds. The average molecular weight is 295 g/mol. The number of nitrogens with zero attached hydrogens (tertiary/aromatic N) is 2. The molecule has 1 unspecified atom stereocenters. The number of halogens is 1. The number of carbonyl (C=O) groups is 1. The number of rotatable bonds is 3. The van der Waals surface area contributed by atoms with Crippen LogP contribution >= 0.6 is 12.2 Å². The number of hydrogen-bond donors (Lipinski definition) is 1. The van der Waals surface area contributed by atoms with E-state index in [0.717, 1.165) is 5.56 Å². The van der Waals surface area contributed by atoms with Crippen molar-refractivity contribution in [3.8, 4) is 0 Å². The van der Waals surface area contributed by atoms with Gasteiger partial charge in [0, 0.05) is 33.1 Å². The predicted octanol–water partition coefficient (Wildman–Crippen LogP) is 1.32. The largest absolute Gasteiger partial charge is 0.392 e.